The highest BCUT2D eigenvalue weighted by Crippen LogP contribution is 2.16. The average molecular weight is 212 g/mol. The average Bonchev–Trinajstić information content (AvgIpc) is 2.01. The van der Waals surface area contributed by atoms with Gasteiger partial charge in [-0.2, -0.15) is 13.7 Å². The molecule has 0 saturated heterocycles. The van der Waals surface area contributed by atoms with E-state index < -0.39 is 10.1 Å². The number of rotatable bonds is 2. The molecule has 0 bridgehead atoms. The van der Waals surface area contributed by atoms with E-state index in [1.165, 1.54) is 6.07 Å². The number of nitrogens with zero attached hydrogens (tertiary/aromatic N) is 2. The molecule has 6 heteroatoms. The number of nitriles is 1. The maximum absolute atomic E-state index is 10.8. The summed E-state index contributed by atoms with van der Waals surface area (Å²) in [7, 11) is -3.64. The van der Waals surface area contributed by atoms with Crippen molar-refractivity contribution < 1.29 is 12.6 Å². The van der Waals surface area contributed by atoms with Crippen LogP contribution in [0.5, 0.6) is 5.88 Å². The number of hydrogen-bond donors (Lipinski definition) is 0. The normalized spacial score (nSPS) is 10.6. The Balaban J connectivity index is 3.20. The van der Waals surface area contributed by atoms with Gasteiger partial charge in [-0.25, -0.2) is 4.98 Å². The Labute approximate surface area is 82.1 Å². The molecule has 0 atom stereocenters. The van der Waals surface area contributed by atoms with Gasteiger partial charge in [0, 0.05) is 5.69 Å². The quantitative estimate of drug-likeness (QED) is 0.670. The first-order valence-corrected chi connectivity index (χ1v) is 5.51. The van der Waals surface area contributed by atoms with E-state index in [9.17, 15) is 8.42 Å². The van der Waals surface area contributed by atoms with Crippen molar-refractivity contribution in [2.75, 3.05) is 6.26 Å². The molecule has 1 heterocycles. The van der Waals surface area contributed by atoms with Crippen LogP contribution in [-0.2, 0) is 10.1 Å². The zero-order valence-electron chi connectivity index (χ0n) is 7.68. The summed E-state index contributed by atoms with van der Waals surface area (Å²) < 4.78 is 26.2. The van der Waals surface area contributed by atoms with Crippen LogP contribution in [0.2, 0.25) is 0 Å². The molecule has 0 aliphatic carbocycles. The number of hydrogen-bond acceptors (Lipinski definition) is 5. The van der Waals surface area contributed by atoms with Gasteiger partial charge in [0.2, 0.25) is 0 Å². The largest absolute Gasteiger partial charge is 0.360 e. The topological polar surface area (TPSA) is 80.0 Å². The number of aryl methyl sites for hydroxylation is 1. The Morgan fingerprint density at radius 2 is 2.14 bits per heavy atom. The van der Waals surface area contributed by atoms with Crippen LogP contribution < -0.4 is 4.18 Å². The van der Waals surface area contributed by atoms with Crippen molar-refractivity contribution >= 4 is 10.1 Å². The lowest BCUT2D eigenvalue weighted by Gasteiger charge is -2.03. The maximum atomic E-state index is 10.8. The predicted molar refractivity (Wildman–Crippen MR) is 49.2 cm³/mol. The molecule has 0 saturated carbocycles. The SMILES string of the molecule is Cc1ccc(C#N)c(OS(C)(=O)=O)n1. The lowest BCUT2D eigenvalue weighted by molar-refractivity contribution is 0.481. The fourth-order valence-electron chi connectivity index (χ4n) is 0.825. The highest BCUT2D eigenvalue weighted by atomic mass is 32.2. The molecule has 1 rings (SSSR count). The fraction of sp³-hybridized carbons (Fsp3) is 0.250. The van der Waals surface area contributed by atoms with Crippen molar-refractivity contribution in [1.29, 1.82) is 5.26 Å². The highest BCUT2D eigenvalue weighted by molar-refractivity contribution is 7.86. The van der Waals surface area contributed by atoms with Crippen molar-refractivity contribution in [1.82, 2.24) is 4.98 Å². The highest BCUT2D eigenvalue weighted by Gasteiger charge is 2.11. The van der Waals surface area contributed by atoms with E-state index in [0.717, 1.165) is 6.26 Å². The van der Waals surface area contributed by atoms with E-state index >= 15 is 0 Å². The minimum Gasteiger partial charge on any atom is -0.360 e. The molecule has 1 aromatic heterocycles. The Morgan fingerprint density at radius 3 is 2.64 bits per heavy atom. The summed E-state index contributed by atoms with van der Waals surface area (Å²) in [6.07, 6.45) is 0.901. The van der Waals surface area contributed by atoms with Gasteiger partial charge in [0.1, 0.15) is 11.6 Å². The summed E-state index contributed by atoms with van der Waals surface area (Å²) in [4.78, 5) is 3.81. The summed E-state index contributed by atoms with van der Waals surface area (Å²) in [6, 6.07) is 4.86. The molecule has 0 aliphatic heterocycles. The first-order chi connectivity index (χ1) is 6.42. The third-order valence-electron chi connectivity index (χ3n) is 1.35. The van der Waals surface area contributed by atoms with Crippen LogP contribution in [0.15, 0.2) is 12.1 Å². The third kappa shape index (κ3) is 2.71. The van der Waals surface area contributed by atoms with Crippen LogP contribution in [0.4, 0.5) is 0 Å². The number of aromatic nitrogens is 1. The minimum absolute atomic E-state index is 0.0982. The van der Waals surface area contributed by atoms with E-state index in [-0.39, 0.29) is 11.4 Å². The lowest BCUT2D eigenvalue weighted by Crippen LogP contribution is -2.08. The van der Waals surface area contributed by atoms with Crippen molar-refractivity contribution in [2.45, 2.75) is 6.92 Å². The van der Waals surface area contributed by atoms with Gasteiger partial charge in [0.25, 0.3) is 5.88 Å². The van der Waals surface area contributed by atoms with E-state index in [2.05, 4.69) is 9.17 Å². The van der Waals surface area contributed by atoms with E-state index in [1.54, 1.807) is 19.1 Å². The lowest BCUT2D eigenvalue weighted by atomic mass is 10.3. The van der Waals surface area contributed by atoms with Gasteiger partial charge in [-0.1, -0.05) is 0 Å². The zero-order chi connectivity index (χ0) is 10.8. The Morgan fingerprint density at radius 1 is 1.50 bits per heavy atom. The Hall–Kier alpha value is -1.61. The second-order valence-corrected chi connectivity index (χ2v) is 4.28. The van der Waals surface area contributed by atoms with Gasteiger partial charge in [-0.15, -0.1) is 0 Å². The number of pyridine rings is 1. The Kier molecular flexibility index (Phi) is 2.72. The molecule has 14 heavy (non-hydrogen) atoms. The van der Waals surface area contributed by atoms with Gasteiger partial charge in [-0.3, -0.25) is 0 Å². The van der Waals surface area contributed by atoms with Crippen molar-refractivity contribution in [3.63, 3.8) is 0 Å². The third-order valence-corrected chi connectivity index (χ3v) is 1.81. The van der Waals surface area contributed by atoms with E-state index in [0.29, 0.717) is 5.69 Å². The molecule has 0 aromatic carbocycles. The molecule has 5 nitrogen and oxygen atoms in total. The summed E-state index contributed by atoms with van der Waals surface area (Å²) in [5, 5.41) is 8.64. The van der Waals surface area contributed by atoms with Crippen LogP contribution in [0, 0.1) is 18.3 Å². The molecule has 74 valence electrons. The van der Waals surface area contributed by atoms with Crippen molar-refractivity contribution in [3.05, 3.63) is 23.4 Å². The van der Waals surface area contributed by atoms with Crippen LogP contribution in [0.3, 0.4) is 0 Å². The Bertz CT molecular complexity index is 488. The standard InChI is InChI=1S/C8H8N2O3S/c1-6-3-4-7(5-9)8(10-6)13-14(2,11)12/h3-4H,1-2H3. The van der Waals surface area contributed by atoms with Crippen LogP contribution in [0.1, 0.15) is 11.3 Å². The predicted octanol–water partition coefficient (Wildman–Crippen LogP) is 0.600. The first-order valence-electron chi connectivity index (χ1n) is 3.69. The summed E-state index contributed by atoms with van der Waals surface area (Å²) in [6.45, 7) is 1.68. The second kappa shape index (κ2) is 3.64. The zero-order valence-corrected chi connectivity index (χ0v) is 8.50. The van der Waals surface area contributed by atoms with Crippen LogP contribution in [-0.4, -0.2) is 19.7 Å². The summed E-state index contributed by atoms with van der Waals surface area (Å²) >= 11 is 0. The maximum Gasteiger partial charge on any atom is 0.307 e. The molecular weight excluding hydrogens is 204 g/mol. The van der Waals surface area contributed by atoms with E-state index in [4.69, 9.17) is 5.26 Å². The summed E-state index contributed by atoms with van der Waals surface area (Å²) in [5.41, 5.74) is 0.684. The molecule has 0 fully saturated rings. The molecule has 0 amide bonds. The molecular formula is C8H8N2O3S. The van der Waals surface area contributed by atoms with Gasteiger partial charge >= 0.3 is 10.1 Å². The fourth-order valence-corrected chi connectivity index (χ4v) is 1.24. The minimum atomic E-state index is -3.64. The molecule has 0 spiro atoms. The van der Waals surface area contributed by atoms with Gasteiger partial charge < -0.3 is 4.18 Å². The summed E-state index contributed by atoms with van der Waals surface area (Å²) in [5.74, 6) is -0.171. The van der Waals surface area contributed by atoms with Crippen molar-refractivity contribution in [3.8, 4) is 11.9 Å². The van der Waals surface area contributed by atoms with E-state index in [1.807, 2.05) is 0 Å². The molecule has 0 aliphatic rings. The van der Waals surface area contributed by atoms with Crippen LogP contribution >= 0.6 is 0 Å². The molecule has 1 aromatic rings. The first kappa shape index (κ1) is 10.5. The van der Waals surface area contributed by atoms with Gasteiger partial charge in [0.15, 0.2) is 0 Å². The smallest absolute Gasteiger partial charge is 0.307 e. The van der Waals surface area contributed by atoms with Crippen LogP contribution in [0.25, 0.3) is 0 Å². The second-order valence-electron chi connectivity index (χ2n) is 2.70. The molecule has 0 unspecified atom stereocenters. The van der Waals surface area contributed by atoms with Crippen molar-refractivity contribution in [2.24, 2.45) is 0 Å². The molecule has 0 radical (unpaired) electrons. The molecule has 0 N–H and O–H groups in total. The van der Waals surface area contributed by atoms with Gasteiger partial charge in [-0.05, 0) is 19.1 Å². The monoisotopic (exact) mass is 212 g/mol. The van der Waals surface area contributed by atoms with Gasteiger partial charge in [0.05, 0.1) is 6.26 Å².